The molecule has 1 aliphatic carbocycles. The molecular weight excluding hydrogens is 350 g/mol. The summed E-state index contributed by atoms with van der Waals surface area (Å²) >= 11 is 0. The van der Waals surface area contributed by atoms with Gasteiger partial charge in [-0.2, -0.15) is 8.42 Å². The summed E-state index contributed by atoms with van der Waals surface area (Å²) in [4.78, 5) is 17.1. The van der Waals surface area contributed by atoms with Gasteiger partial charge in [-0.3, -0.25) is 4.79 Å². The maximum absolute atomic E-state index is 13.0. The Morgan fingerprint density at radius 1 is 1.15 bits per heavy atom. The van der Waals surface area contributed by atoms with E-state index >= 15 is 0 Å². The summed E-state index contributed by atoms with van der Waals surface area (Å²) in [5.74, 6) is 0.602. The molecule has 6 nitrogen and oxygen atoms in total. The van der Waals surface area contributed by atoms with Crippen LogP contribution in [0.5, 0.6) is 0 Å². The third kappa shape index (κ3) is 3.02. The molecule has 2 aliphatic heterocycles. The minimum Gasteiger partial charge on any atom is -0.355 e. The predicted octanol–water partition coefficient (Wildman–Crippen LogP) is 2.25. The van der Waals surface area contributed by atoms with Crippen LogP contribution in [0.3, 0.4) is 0 Å². The quantitative estimate of drug-likeness (QED) is 0.795. The van der Waals surface area contributed by atoms with E-state index in [-0.39, 0.29) is 16.7 Å². The molecule has 26 heavy (non-hydrogen) atoms. The van der Waals surface area contributed by atoms with Gasteiger partial charge in [0.1, 0.15) is 4.90 Å². The van der Waals surface area contributed by atoms with Crippen LogP contribution in [0, 0.1) is 5.92 Å². The number of benzene rings is 1. The third-order valence-electron chi connectivity index (χ3n) is 5.90. The largest absolute Gasteiger partial charge is 0.355 e. The topological polar surface area (TPSA) is 70.1 Å². The molecule has 0 spiro atoms. The van der Waals surface area contributed by atoms with Crippen LogP contribution in [0.15, 0.2) is 33.6 Å². The fourth-order valence-corrected chi connectivity index (χ4v) is 5.67. The van der Waals surface area contributed by atoms with Crippen LogP contribution in [-0.4, -0.2) is 56.1 Å². The van der Waals surface area contributed by atoms with Gasteiger partial charge in [0.05, 0.1) is 5.92 Å². The molecular formula is C19H25N3O3S. The molecule has 1 saturated carbocycles. The number of carbonyl (C=O) groups is 1. The molecule has 2 heterocycles. The van der Waals surface area contributed by atoms with E-state index in [9.17, 15) is 13.2 Å². The SMILES string of the molecule is CN(C(=O)C1CCCN(C2=NS(=O)(=O)c3ccccc32)C1)C1CCCC1. The van der Waals surface area contributed by atoms with E-state index < -0.39 is 10.0 Å². The van der Waals surface area contributed by atoms with E-state index in [2.05, 4.69) is 4.40 Å². The summed E-state index contributed by atoms with van der Waals surface area (Å²) in [6, 6.07) is 7.31. The molecule has 1 amide bonds. The van der Waals surface area contributed by atoms with Crippen LogP contribution < -0.4 is 0 Å². The number of amidine groups is 1. The molecule has 140 valence electrons. The molecule has 3 aliphatic rings. The first-order valence-electron chi connectivity index (χ1n) is 9.43. The van der Waals surface area contributed by atoms with Crippen molar-refractivity contribution in [2.75, 3.05) is 20.1 Å². The fourth-order valence-electron chi connectivity index (χ4n) is 4.45. The van der Waals surface area contributed by atoms with Crippen molar-refractivity contribution in [2.45, 2.75) is 49.5 Å². The van der Waals surface area contributed by atoms with Crippen LogP contribution >= 0.6 is 0 Å². The molecule has 0 bridgehead atoms. The normalized spacial score (nSPS) is 25.0. The Balaban J connectivity index is 1.53. The second-order valence-corrected chi connectivity index (χ2v) is 9.13. The van der Waals surface area contributed by atoms with Gasteiger partial charge in [-0.15, -0.1) is 4.40 Å². The van der Waals surface area contributed by atoms with Gasteiger partial charge in [0.25, 0.3) is 10.0 Å². The number of rotatable bonds is 2. The van der Waals surface area contributed by atoms with Crippen molar-refractivity contribution in [3.8, 4) is 0 Å². The molecule has 0 radical (unpaired) electrons. The highest BCUT2D eigenvalue weighted by atomic mass is 32.2. The van der Waals surface area contributed by atoms with Crippen molar-refractivity contribution in [3.63, 3.8) is 0 Å². The lowest BCUT2D eigenvalue weighted by atomic mass is 9.95. The van der Waals surface area contributed by atoms with E-state index in [1.165, 1.54) is 12.8 Å². The molecule has 1 unspecified atom stereocenters. The van der Waals surface area contributed by atoms with Gasteiger partial charge in [-0.25, -0.2) is 0 Å². The zero-order chi connectivity index (χ0) is 18.3. The average Bonchev–Trinajstić information content (AvgIpc) is 3.28. The number of nitrogens with zero attached hydrogens (tertiary/aromatic N) is 3. The predicted molar refractivity (Wildman–Crippen MR) is 99.5 cm³/mol. The second kappa shape index (κ2) is 6.68. The number of hydrogen-bond donors (Lipinski definition) is 0. The minimum absolute atomic E-state index is 0.0903. The van der Waals surface area contributed by atoms with E-state index in [0.717, 1.165) is 32.2 Å². The smallest absolute Gasteiger partial charge is 0.285 e. The number of carbonyl (C=O) groups excluding carboxylic acids is 1. The highest BCUT2D eigenvalue weighted by Crippen LogP contribution is 2.31. The second-order valence-electron chi connectivity index (χ2n) is 7.56. The molecule has 4 rings (SSSR count). The van der Waals surface area contributed by atoms with E-state index in [1.807, 2.05) is 22.9 Å². The average molecular weight is 375 g/mol. The van der Waals surface area contributed by atoms with Crippen LogP contribution in [0.4, 0.5) is 0 Å². The van der Waals surface area contributed by atoms with Crippen molar-refractivity contribution in [1.29, 1.82) is 0 Å². The third-order valence-corrected chi connectivity index (χ3v) is 7.23. The van der Waals surface area contributed by atoms with Gasteiger partial charge < -0.3 is 9.80 Å². The van der Waals surface area contributed by atoms with Gasteiger partial charge in [-0.1, -0.05) is 25.0 Å². The van der Waals surface area contributed by atoms with E-state index in [0.29, 0.717) is 24.0 Å². The fraction of sp³-hybridized carbons (Fsp3) is 0.579. The lowest BCUT2D eigenvalue weighted by molar-refractivity contribution is -0.137. The molecule has 1 aromatic rings. The lowest BCUT2D eigenvalue weighted by Crippen LogP contribution is -2.47. The molecule has 0 N–H and O–H groups in total. The molecule has 2 fully saturated rings. The Morgan fingerprint density at radius 3 is 2.65 bits per heavy atom. The van der Waals surface area contributed by atoms with E-state index in [1.54, 1.807) is 18.2 Å². The van der Waals surface area contributed by atoms with Crippen LogP contribution in [0.1, 0.15) is 44.1 Å². The highest BCUT2D eigenvalue weighted by molar-refractivity contribution is 7.90. The summed E-state index contributed by atoms with van der Waals surface area (Å²) in [5, 5.41) is 0. The maximum atomic E-state index is 13.0. The standard InChI is InChI=1S/C19H25N3O3S/c1-21(15-8-2-3-9-15)19(23)14-7-6-12-22(13-14)18-16-10-4-5-11-17(16)26(24,25)20-18/h4-5,10-11,14-15H,2-3,6-9,12-13H2,1H3. The number of fused-ring (bicyclic) bond motifs is 1. The van der Waals surface area contributed by atoms with E-state index in [4.69, 9.17) is 0 Å². The molecule has 1 aromatic carbocycles. The van der Waals surface area contributed by atoms with Gasteiger partial charge in [0.2, 0.25) is 5.91 Å². The zero-order valence-electron chi connectivity index (χ0n) is 15.1. The van der Waals surface area contributed by atoms with Gasteiger partial charge >= 0.3 is 0 Å². The van der Waals surface area contributed by atoms with Crippen LogP contribution in [0.25, 0.3) is 0 Å². The van der Waals surface area contributed by atoms with Crippen molar-refractivity contribution >= 4 is 21.8 Å². The molecule has 1 atom stereocenters. The van der Waals surface area contributed by atoms with Crippen molar-refractivity contribution in [3.05, 3.63) is 29.8 Å². The Labute approximate surface area is 154 Å². The Bertz CT molecular complexity index is 843. The van der Waals surface area contributed by atoms with Gasteiger partial charge in [0.15, 0.2) is 5.84 Å². The molecule has 1 saturated heterocycles. The van der Waals surface area contributed by atoms with Gasteiger partial charge in [-0.05, 0) is 37.8 Å². The number of amides is 1. The Kier molecular flexibility index (Phi) is 4.50. The monoisotopic (exact) mass is 375 g/mol. The first-order chi connectivity index (χ1) is 12.5. The van der Waals surface area contributed by atoms with Crippen molar-refractivity contribution < 1.29 is 13.2 Å². The van der Waals surface area contributed by atoms with Crippen molar-refractivity contribution in [1.82, 2.24) is 9.80 Å². The minimum atomic E-state index is -3.62. The van der Waals surface area contributed by atoms with Crippen LogP contribution in [-0.2, 0) is 14.8 Å². The number of sulfonamides is 1. The number of piperidine rings is 1. The first-order valence-corrected chi connectivity index (χ1v) is 10.9. The summed E-state index contributed by atoms with van der Waals surface area (Å²) in [5.41, 5.74) is 0.657. The number of hydrogen-bond acceptors (Lipinski definition) is 4. The molecule has 0 aromatic heterocycles. The Morgan fingerprint density at radius 2 is 1.88 bits per heavy atom. The lowest BCUT2D eigenvalue weighted by Gasteiger charge is -2.36. The summed E-state index contributed by atoms with van der Waals surface area (Å²) in [6.45, 7) is 1.28. The summed E-state index contributed by atoms with van der Waals surface area (Å²) in [6.07, 6.45) is 6.31. The number of likely N-dealkylation sites (tertiary alicyclic amines) is 1. The van der Waals surface area contributed by atoms with Crippen molar-refractivity contribution in [2.24, 2.45) is 10.3 Å². The Hall–Kier alpha value is -1.89. The maximum Gasteiger partial charge on any atom is 0.285 e. The summed E-state index contributed by atoms with van der Waals surface area (Å²) < 4.78 is 28.6. The van der Waals surface area contributed by atoms with Crippen LogP contribution in [0.2, 0.25) is 0 Å². The highest BCUT2D eigenvalue weighted by Gasteiger charge is 2.36. The van der Waals surface area contributed by atoms with Gasteiger partial charge in [0, 0.05) is 31.7 Å². The first kappa shape index (κ1) is 17.5. The molecule has 7 heteroatoms. The zero-order valence-corrected chi connectivity index (χ0v) is 15.9. The summed E-state index contributed by atoms with van der Waals surface area (Å²) in [7, 11) is -1.70.